The zero-order valence-corrected chi connectivity index (χ0v) is 7.82. The highest BCUT2D eigenvalue weighted by Crippen LogP contribution is 2.21. The normalized spacial score (nSPS) is 10.8. The first kappa shape index (κ1) is 7.89. The predicted molar refractivity (Wildman–Crippen MR) is 48.6 cm³/mol. The third-order valence-corrected chi connectivity index (χ3v) is 2.10. The summed E-state index contributed by atoms with van der Waals surface area (Å²) in [5.41, 5.74) is 1.23. The van der Waals surface area contributed by atoms with Crippen molar-refractivity contribution < 1.29 is 4.42 Å². The van der Waals surface area contributed by atoms with Crippen molar-refractivity contribution in [2.75, 3.05) is 6.26 Å². The molecule has 0 N–H and O–H groups in total. The van der Waals surface area contributed by atoms with Crippen molar-refractivity contribution in [2.45, 2.75) is 5.22 Å². The van der Waals surface area contributed by atoms with Gasteiger partial charge in [-0.3, -0.25) is 0 Å². The minimum Gasteiger partial charge on any atom is -0.430 e. The van der Waals surface area contributed by atoms with Crippen LogP contribution in [-0.4, -0.2) is 16.2 Å². The van der Waals surface area contributed by atoms with Gasteiger partial charge in [0.1, 0.15) is 0 Å². The molecule has 0 fully saturated rings. The van der Waals surface area contributed by atoms with Gasteiger partial charge in [-0.1, -0.05) is 23.4 Å². The number of thioether (sulfide) groups is 1. The number of rotatable bonds is 1. The van der Waals surface area contributed by atoms with Gasteiger partial charge in [-0.05, 0) is 6.26 Å². The summed E-state index contributed by atoms with van der Waals surface area (Å²) >= 11 is 7.15. The molecule has 0 unspecified atom stereocenters. The molecule has 12 heavy (non-hydrogen) atoms. The van der Waals surface area contributed by atoms with Crippen LogP contribution in [0.5, 0.6) is 0 Å². The molecule has 5 heteroatoms. The molecule has 2 aromatic heterocycles. The van der Waals surface area contributed by atoms with Crippen LogP contribution in [0.1, 0.15) is 0 Å². The van der Waals surface area contributed by atoms with Gasteiger partial charge in [0.15, 0.2) is 11.2 Å². The highest BCUT2D eigenvalue weighted by Gasteiger charge is 2.05. The molecule has 2 heterocycles. The summed E-state index contributed by atoms with van der Waals surface area (Å²) in [4.78, 5) is 8.10. The van der Waals surface area contributed by atoms with E-state index in [0.717, 1.165) is 0 Å². The standard InChI is InChI=1S/C7H5ClN2OS/c1-12-7-10-6-5(11-7)2-4(8)3-9-6/h2-3H,1H3. The average molecular weight is 201 g/mol. The van der Waals surface area contributed by atoms with Crippen LogP contribution in [-0.2, 0) is 0 Å². The molecular formula is C7H5ClN2OS. The summed E-state index contributed by atoms with van der Waals surface area (Å²) in [6.07, 6.45) is 3.45. The Balaban J connectivity index is 2.67. The van der Waals surface area contributed by atoms with Crippen molar-refractivity contribution in [3.63, 3.8) is 0 Å². The molecule has 0 amide bonds. The minimum atomic E-state index is 0.561. The molecule has 2 aromatic rings. The van der Waals surface area contributed by atoms with Crippen molar-refractivity contribution in [3.8, 4) is 0 Å². The number of pyridine rings is 1. The van der Waals surface area contributed by atoms with Gasteiger partial charge >= 0.3 is 0 Å². The van der Waals surface area contributed by atoms with Crippen LogP contribution in [0.15, 0.2) is 21.9 Å². The molecule has 0 aromatic carbocycles. The lowest BCUT2D eigenvalue weighted by molar-refractivity contribution is 0.490. The van der Waals surface area contributed by atoms with E-state index >= 15 is 0 Å². The molecule has 0 radical (unpaired) electrons. The number of hydrogen-bond donors (Lipinski definition) is 0. The highest BCUT2D eigenvalue weighted by atomic mass is 35.5. The molecular weight excluding hydrogens is 196 g/mol. The van der Waals surface area contributed by atoms with Crippen LogP contribution in [0.4, 0.5) is 0 Å². The lowest BCUT2D eigenvalue weighted by atomic mass is 10.5. The number of hydrogen-bond acceptors (Lipinski definition) is 4. The van der Waals surface area contributed by atoms with Gasteiger partial charge in [0, 0.05) is 12.3 Å². The number of aromatic nitrogens is 2. The van der Waals surface area contributed by atoms with Gasteiger partial charge in [0.25, 0.3) is 5.22 Å². The maximum atomic E-state index is 5.71. The first-order chi connectivity index (χ1) is 5.79. The van der Waals surface area contributed by atoms with E-state index in [4.69, 9.17) is 16.0 Å². The van der Waals surface area contributed by atoms with Gasteiger partial charge in [-0.15, -0.1) is 0 Å². The molecule has 0 atom stereocenters. The fraction of sp³-hybridized carbons (Fsp3) is 0.143. The topological polar surface area (TPSA) is 38.9 Å². The molecule has 0 aliphatic heterocycles. The van der Waals surface area contributed by atoms with E-state index in [2.05, 4.69) is 9.97 Å². The summed E-state index contributed by atoms with van der Waals surface area (Å²) in [6, 6.07) is 1.70. The second-order valence-corrected chi connectivity index (χ2v) is 3.35. The van der Waals surface area contributed by atoms with Crippen LogP contribution in [0.25, 0.3) is 11.2 Å². The van der Waals surface area contributed by atoms with Crippen LogP contribution >= 0.6 is 23.4 Å². The van der Waals surface area contributed by atoms with Gasteiger partial charge in [0.2, 0.25) is 0 Å². The Hall–Kier alpha value is -0.740. The molecule has 62 valence electrons. The maximum Gasteiger partial charge on any atom is 0.258 e. The lowest BCUT2D eigenvalue weighted by Crippen LogP contribution is -1.74. The number of oxazole rings is 1. The molecule has 0 bridgehead atoms. The largest absolute Gasteiger partial charge is 0.430 e. The second kappa shape index (κ2) is 2.95. The maximum absolute atomic E-state index is 5.71. The highest BCUT2D eigenvalue weighted by molar-refractivity contribution is 7.98. The van der Waals surface area contributed by atoms with Crippen molar-refractivity contribution >= 4 is 34.6 Å². The van der Waals surface area contributed by atoms with Crippen molar-refractivity contribution in [1.82, 2.24) is 9.97 Å². The van der Waals surface area contributed by atoms with Gasteiger partial charge in [0.05, 0.1) is 5.02 Å². The van der Waals surface area contributed by atoms with Gasteiger partial charge in [-0.25, -0.2) is 4.98 Å². The number of nitrogens with zero attached hydrogens (tertiary/aromatic N) is 2. The first-order valence-electron chi connectivity index (χ1n) is 3.25. The smallest absolute Gasteiger partial charge is 0.258 e. The minimum absolute atomic E-state index is 0.561. The third kappa shape index (κ3) is 1.28. The van der Waals surface area contributed by atoms with E-state index in [0.29, 0.717) is 21.5 Å². The summed E-state index contributed by atoms with van der Waals surface area (Å²) in [6.45, 7) is 0. The fourth-order valence-corrected chi connectivity index (χ4v) is 1.36. The Kier molecular flexibility index (Phi) is 1.94. The molecule has 3 nitrogen and oxygen atoms in total. The zero-order chi connectivity index (χ0) is 8.55. The van der Waals surface area contributed by atoms with E-state index in [1.54, 1.807) is 12.3 Å². The monoisotopic (exact) mass is 200 g/mol. The SMILES string of the molecule is CSc1nc2ncc(Cl)cc2o1. The molecule has 0 aliphatic carbocycles. The Morgan fingerprint density at radius 1 is 1.58 bits per heavy atom. The Labute approximate surface area is 78.1 Å². The number of halogens is 1. The van der Waals surface area contributed by atoms with Crippen LogP contribution in [0, 0.1) is 0 Å². The molecule has 0 spiro atoms. The Morgan fingerprint density at radius 3 is 3.17 bits per heavy atom. The fourth-order valence-electron chi connectivity index (χ4n) is 0.863. The second-order valence-electron chi connectivity index (χ2n) is 2.16. The van der Waals surface area contributed by atoms with E-state index in [9.17, 15) is 0 Å². The predicted octanol–water partition coefficient (Wildman–Crippen LogP) is 2.60. The molecule has 2 rings (SSSR count). The van der Waals surface area contributed by atoms with E-state index in [1.807, 2.05) is 6.26 Å². The van der Waals surface area contributed by atoms with Gasteiger partial charge < -0.3 is 4.42 Å². The third-order valence-electron chi connectivity index (χ3n) is 1.37. The van der Waals surface area contributed by atoms with Crippen LogP contribution in [0.3, 0.4) is 0 Å². The summed E-state index contributed by atoms with van der Waals surface area (Å²) in [7, 11) is 0. The van der Waals surface area contributed by atoms with Crippen molar-refractivity contribution in [2.24, 2.45) is 0 Å². The molecule has 0 saturated heterocycles. The van der Waals surface area contributed by atoms with E-state index in [-0.39, 0.29) is 0 Å². The molecule has 0 saturated carbocycles. The van der Waals surface area contributed by atoms with Gasteiger partial charge in [-0.2, -0.15) is 4.98 Å². The average Bonchev–Trinajstić information content (AvgIpc) is 2.46. The zero-order valence-electron chi connectivity index (χ0n) is 6.24. The van der Waals surface area contributed by atoms with Crippen molar-refractivity contribution in [1.29, 1.82) is 0 Å². The summed E-state index contributed by atoms with van der Waals surface area (Å²) in [5, 5.41) is 1.17. The first-order valence-corrected chi connectivity index (χ1v) is 4.86. The summed E-state index contributed by atoms with van der Waals surface area (Å²) in [5.74, 6) is 0. The quantitative estimate of drug-likeness (QED) is 0.664. The summed E-state index contributed by atoms with van der Waals surface area (Å²) < 4.78 is 5.30. The lowest BCUT2D eigenvalue weighted by Gasteiger charge is -1.85. The molecule has 0 aliphatic rings. The van der Waals surface area contributed by atoms with Crippen LogP contribution in [0.2, 0.25) is 5.02 Å². The number of fused-ring (bicyclic) bond motifs is 1. The van der Waals surface area contributed by atoms with E-state index < -0.39 is 0 Å². The Bertz CT molecular complexity index is 415. The van der Waals surface area contributed by atoms with Crippen LogP contribution < -0.4 is 0 Å². The van der Waals surface area contributed by atoms with Crippen molar-refractivity contribution in [3.05, 3.63) is 17.3 Å². The van der Waals surface area contributed by atoms with E-state index in [1.165, 1.54) is 11.8 Å². The Morgan fingerprint density at radius 2 is 2.42 bits per heavy atom.